The molecule has 0 amide bonds. The van der Waals surface area contributed by atoms with Crippen molar-refractivity contribution < 1.29 is 32.7 Å². The van der Waals surface area contributed by atoms with Gasteiger partial charge < -0.3 is 6.92 Å². The molecule has 0 aromatic carbocycles. The fraction of sp³-hybridized carbons (Fsp3) is 0.900. The van der Waals surface area contributed by atoms with E-state index in [2.05, 4.69) is 96.1 Å². The molecule has 31 heavy (non-hydrogen) atoms. The SMILES string of the molecule is CC1C(C)C(C)C(C)C1C.CC1C(C)C(C)C(C)C1C.[CH2-]C(C)C1CC=C(C)CC1.[Y]. The van der Waals surface area contributed by atoms with Crippen LogP contribution >= 0.6 is 0 Å². The summed E-state index contributed by atoms with van der Waals surface area (Å²) in [5.74, 6) is 10.8. The number of allylic oxidation sites excluding steroid dienone is 2. The Kier molecular flexibility index (Phi) is 14.7. The van der Waals surface area contributed by atoms with Gasteiger partial charge in [-0.3, -0.25) is 0 Å². The Hall–Kier alpha value is 0.844. The molecule has 0 spiro atoms. The molecular formula is C30H57Y-. The van der Waals surface area contributed by atoms with E-state index in [9.17, 15) is 0 Å². The standard InChI is InChI=1S/C10H17.2C10H20.Y/c1-8(2)10-6-4-9(3)5-7-10;2*1-6-7(2)9(4)10(5)8(6)3;/h4,8,10H,1,5-7H2,2-3H3;2*6-10H,1-5H3;/q-1;;;. The molecule has 2 saturated carbocycles. The topological polar surface area (TPSA) is 0 Å². The van der Waals surface area contributed by atoms with Crippen molar-refractivity contribution in [3.05, 3.63) is 18.6 Å². The smallest absolute Gasteiger partial charge is 0 e. The molecule has 181 valence electrons. The zero-order valence-electron chi connectivity index (χ0n) is 23.4. The van der Waals surface area contributed by atoms with E-state index in [1.807, 2.05) is 0 Å². The minimum atomic E-state index is 0. The van der Waals surface area contributed by atoms with E-state index in [4.69, 9.17) is 0 Å². The first kappa shape index (κ1) is 31.8. The summed E-state index contributed by atoms with van der Waals surface area (Å²) >= 11 is 0. The molecule has 1 heteroatoms. The van der Waals surface area contributed by atoms with Gasteiger partial charge in [-0.25, -0.2) is 0 Å². The molecule has 2 unspecified atom stereocenters. The summed E-state index contributed by atoms with van der Waals surface area (Å²) in [4.78, 5) is 0. The maximum absolute atomic E-state index is 4.06. The average molecular weight is 507 g/mol. The number of hydrogen-bond acceptors (Lipinski definition) is 0. The molecule has 0 aliphatic heterocycles. The van der Waals surface area contributed by atoms with Gasteiger partial charge in [0.15, 0.2) is 0 Å². The van der Waals surface area contributed by atoms with Crippen LogP contribution in [-0.2, 0) is 32.7 Å². The normalized spacial score (nSPS) is 45.3. The van der Waals surface area contributed by atoms with Crippen LogP contribution < -0.4 is 0 Å². The van der Waals surface area contributed by atoms with Crippen molar-refractivity contribution in [1.82, 2.24) is 0 Å². The Labute approximate surface area is 223 Å². The molecule has 2 atom stereocenters. The number of rotatable bonds is 1. The molecule has 0 aromatic rings. The summed E-state index contributed by atoms with van der Waals surface area (Å²) in [6, 6.07) is 0. The fourth-order valence-corrected chi connectivity index (χ4v) is 6.29. The van der Waals surface area contributed by atoms with Crippen molar-refractivity contribution in [3.63, 3.8) is 0 Å². The van der Waals surface area contributed by atoms with Gasteiger partial charge in [0.25, 0.3) is 0 Å². The zero-order chi connectivity index (χ0) is 23.3. The Balaban J connectivity index is 0.000000429. The Morgan fingerprint density at radius 1 is 0.645 bits per heavy atom. The Morgan fingerprint density at radius 3 is 1.06 bits per heavy atom. The van der Waals surface area contributed by atoms with Crippen LogP contribution in [0.25, 0.3) is 0 Å². The molecule has 0 nitrogen and oxygen atoms in total. The first-order valence-corrected chi connectivity index (χ1v) is 13.3. The Bertz CT molecular complexity index is 401. The van der Waals surface area contributed by atoms with Crippen LogP contribution in [0.5, 0.6) is 0 Å². The van der Waals surface area contributed by atoms with Crippen LogP contribution in [0, 0.1) is 77.9 Å². The molecule has 2 fully saturated rings. The van der Waals surface area contributed by atoms with Crippen molar-refractivity contribution in [1.29, 1.82) is 0 Å². The average Bonchev–Trinajstić information content (AvgIpc) is 2.99. The van der Waals surface area contributed by atoms with Crippen molar-refractivity contribution in [2.24, 2.45) is 71.0 Å². The predicted molar refractivity (Wildman–Crippen MR) is 137 cm³/mol. The van der Waals surface area contributed by atoms with Crippen LogP contribution in [0.4, 0.5) is 0 Å². The second-order valence-corrected chi connectivity index (χ2v) is 12.2. The summed E-state index contributed by atoms with van der Waals surface area (Å²) in [7, 11) is 0. The molecule has 0 saturated heterocycles. The molecule has 0 aromatic heterocycles. The first-order chi connectivity index (χ1) is 13.8. The van der Waals surface area contributed by atoms with E-state index in [0.717, 1.165) is 65.1 Å². The van der Waals surface area contributed by atoms with E-state index in [1.54, 1.807) is 5.57 Å². The van der Waals surface area contributed by atoms with Gasteiger partial charge in [0.05, 0.1) is 0 Å². The second-order valence-electron chi connectivity index (χ2n) is 12.2. The second kappa shape index (κ2) is 14.3. The van der Waals surface area contributed by atoms with Gasteiger partial charge in [-0.15, -0.1) is 0 Å². The van der Waals surface area contributed by atoms with Crippen LogP contribution in [0.2, 0.25) is 0 Å². The van der Waals surface area contributed by atoms with Crippen LogP contribution in [0.1, 0.15) is 102 Å². The quantitative estimate of drug-likeness (QED) is 0.245. The van der Waals surface area contributed by atoms with Gasteiger partial charge in [0.2, 0.25) is 0 Å². The van der Waals surface area contributed by atoms with E-state index < -0.39 is 0 Å². The molecule has 0 N–H and O–H groups in total. The first-order valence-electron chi connectivity index (χ1n) is 13.3. The van der Waals surface area contributed by atoms with Crippen LogP contribution in [0.3, 0.4) is 0 Å². The van der Waals surface area contributed by atoms with Gasteiger partial charge in [-0.05, 0) is 85.4 Å². The number of hydrogen-bond donors (Lipinski definition) is 0. The van der Waals surface area contributed by atoms with Crippen LogP contribution in [0.15, 0.2) is 11.6 Å². The fourth-order valence-electron chi connectivity index (χ4n) is 6.29. The molecule has 3 aliphatic carbocycles. The third-order valence-corrected chi connectivity index (χ3v) is 10.8. The van der Waals surface area contributed by atoms with E-state index in [-0.39, 0.29) is 32.7 Å². The van der Waals surface area contributed by atoms with E-state index in [1.165, 1.54) is 19.3 Å². The van der Waals surface area contributed by atoms with E-state index in [0.29, 0.717) is 5.92 Å². The monoisotopic (exact) mass is 506 g/mol. The van der Waals surface area contributed by atoms with Crippen molar-refractivity contribution in [2.45, 2.75) is 102 Å². The molecule has 3 rings (SSSR count). The minimum absolute atomic E-state index is 0. The molecule has 1 radical (unpaired) electrons. The zero-order valence-corrected chi connectivity index (χ0v) is 26.2. The van der Waals surface area contributed by atoms with Gasteiger partial charge >= 0.3 is 0 Å². The predicted octanol–water partition coefficient (Wildman–Crippen LogP) is 9.56. The van der Waals surface area contributed by atoms with Crippen molar-refractivity contribution in [2.75, 3.05) is 0 Å². The van der Waals surface area contributed by atoms with Gasteiger partial charge in [-0.1, -0.05) is 93.7 Å². The van der Waals surface area contributed by atoms with Crippen LogP contribution in [-0.4, -0.2) is 0 Å². The Morgan fingerprint density at radius 2 is 0.903 bits per heavy atom. The van der Waals surface area contributed by atoms with Gasteiger partial charge in [-0.2, -0.15) is 5.92 Å². The largest absolute Gasteiger partial charge is 0.340 e. The third kappa shape index (κ3) is 8.53. The molecule has 0 bridgehead atoms. The summed E-state index contributed by atoms with van der Waals surface area (Å²) in [6.45, 7) is 32.5. The third-order valence-electron chi connectivity index (χ3n) is 10.8. The summed E-state index contributed by atoms with van der Waals surface area (Å²) < 4.78 is 0. The van der Waals surface area contributed by atoms with Crippen molar-refractivity contribution in [3.8, 4) is 0 Å². The summed E-state index contributed by atoms with van der Waals surface area (Å²) in [5, 5.41) is 0. The maximum Gasteiger partial charge on any atom is 0 e. The van der Waals surface area contributed by atoms with Gasteiger partial charge in [0, 0.05) is 32.7 Å². The van der Waals surface area contributed by atoms with E-state index >= 15 is 0 Å². The van der Waals surface area contributed by atoms with Gasteiger partial charge in [0.1, 0.15) is 0 Å². The maximum atomic E-state index is 4.06. The molecule has 0 heterocycles. The van der Waals surface area contributed by atoms with Crippen molar-refractivity contribution >= 4 is 0 Å². The summed E-state index contributed by atoms with van der Waals surface area (Å²) in [6.07, 6.45) is 6.28. The summed E-state index contributed by atoms with van der Waals surface area (Å²) in [5.41, 5.74) is 1.57. The minimum Gasteiger partial charge on any atom is -0.340 e. The molecular weight excluding hydrogens is 449 g/mol. The molecule has 3 aliphatic rings.